The van der Waals surface area contributed by atoms with Crippen molar-refractivity contribution in [2.45, 2.75) is 0 Å². The Morgan fingerprint density at radius 2 is 1.40 bits per heavy atom. The number of ether oxygens (including phenoxy) is 1. The smallest absolute Gasteiger partial charge is 0.0351 e. The van der Waals surface area contributed by atoms with E-state index in [1.165, 1.54) is 0 Å². The van der Waals surface area contributed by atoms with Gasteiger partial charge in [-0.15, -0.1) is 0 Å². The highest BCUT2D eigenvalue weighted by molar-refractivity contribution is 14.2. The monoisotopic (exact) mass is 252 g/mol. The predicted octanol–water partition coefficient (Wildman–Crippen LogP) is 1.99. The molecule has 0 N–H and O–H groups in total. The van der Waals surface area contributed by atoms with E-state index in [2.05, 4.69) is 17.4 Å². The molecule has 0 fully saturated rings. The van der Waals surface area contributed by atoms with Crippen LogP contribution in [0.5, 0.6) is 0 Å². The summed E-state index contributed by atoms with van der Waals surface area (Å²) in [4.78, 5) is 0. The van der Waals surface area contributed by atoms with Crippen molar-refractivity contribution in [1.82, 2.24) is 0 Å². The topological polar surface area (TPSA) is 9.23 Å². The molecule has 0 radical (unpaired) electrons. The largest absolute Gasteiger partial charge is 0.388 e. The van der Waals surface area contributed by atoms with Crippen molar-refractivity contribution in [1.29, 1.82) is 0 Å². The van der Waals surface area contributed by atoms with Crippen molar-refractivity contribution < 1.29 is 4.74 Å². The fraction of sp³-hybridized carbons (Fsp3) is 1.00. The molecule has 0 heterocycles. The van der Waals surface area contributed by atoms with Crippen LogP contribution in [-0.4, -0.2) is 14.2 Å². The molecule has 1 nitrogen and oxygen atoms in total. The average molecular weight is 253 g/mol. The summed E-state index contributed by atoms with van der Waals surface area (Å²) in [5.74, 6) is 0. The lowest BCUT2D eigenvalue weighted by atomic mass is 11.6. The molecule has 34 valence electrons. The third kappa shape index (κ3) is 38.0. The molecule has 0 spiro atoms. The van der Waals surface area contributed by atoms with Gasteiger partial charge in [0.25, 0.3) is 0 Å². The number of halogens is 2. The summed E-state index contributed by atoms with van der Waals surface area (Å²) in [6, 6.07) is 0. The highest BCUT2D eigenvalue weighted by Crippen LogP contribution is 1.87. The molecule has 5 heavy (non-hydrogen) atoms. The number of rotatable bonds is 0. The number of hydrogen-bond donors (Lipinski definition) is 0. The van der Waals surface area contributed by atoms with Gasteiger partial charge in [0.2, 0.25) is 0 Å². The Bertz CT molecular complexity index is 9.61. The van der Waals surface area contributed by atoms with Crippen LogP contribution in [0.15, 0.2) is 0 Å². The summed E-state index contributed by atoms with van der Waals surface area (Å²) in [5.41, 5.74) is 0. The van der Waals surface area contributed by atoms with Crippen LogP contribution >= 0.6 is 33.1 Å². The van der Waals surface area contributed by atoms with Crippen molar-refractivity contribution >= 4 is 33.1 Å². The first-order chi connectivity index (χ1) is 2.41. The van der Waals surface area contributed by atoms with Gasteiger partial charge in [-0.2, -0.15) is 0 Å². The zero-order valence-electron chi connectivity index (χ0n) is 3.16. The number of methoxy groups -OCH3 is 1. The van der Waals surface area contributed by atoms with Gasteiger partial charge in [-0.3, -0.25) is 0 Å². The SMILES string of the molecule is BrI.COC. The van der Waals surface area contributed by atoms with E-state index in [0.717, 1.165) is 0 Å². The minimum absolute atomic E-state index is 1.62. The maximum absolute atomic E-state index is 4.25. The second-order valence-corrected chi connectivity index (χ2v) is 0.408. The van der Waals surface area contributed by atoms with Crippen molar-refractivity contribution in [3.8, 4) is 0 Å². The third-order valence-corrected chi connectivity index (χ3v) is 0. The average Bonchev–Trinajstić information content (AvgIpc) is 1.46. The van der Waals surface area contributed by atoms with Gasteiger partial charge in [0, 0.05) is 34.6 Å². The first-order valence-corrected chi connectivity index (χ1v) is 5.80. The Balaban J connectivity index is 0. The zero-order valence-corrected chi connectivity index (χ0v) is 6.91. The van der Waals surface area contributed by atoms with Crippen molar-refractivity contribution in [2.75, 3.05) is 14.2 Å². The molecule has 0 saturated heterocycles. The molecule has 0 aromatic carbocycles. The molecule has 0 aliphatic rings. The molecule has 0 bridgehead atoms. The fourth-order valence-electron chi connectivity index (χ4n) is 0. The molecule has 0 aromatic heterocycles. The Labute approximate surface area is 52.0 Å². The molecule has 0 unspecified atom stereocenters. The highest BCUT2D eigenvalue weighted by atomic mass is 127. The second kappa shape index (κ2) is 19.1. The van der Waals surface area contributed by atoms with Crippen LogP contribution < -0.4 is 0 Å². The van der Waals surface area contributed by atoms with Gasteiger partial charge in [0.1, 0.15) is 0 Å². The summed E-state index contributed by atoms with van der Waals surface area (Å²) in [6.45, 7) is 0. The van der Waals surface area contributed by atoms with Gasteiger partial charge >= 0.3 is 0 Å². The lowest BCUT2D eigenvalue weighted by molar-refractivity contribution is 0.277. The highest BCUT2D eigenvalue weighted by Gasteiger charge is 1.25. The van der Waals surface area contributed by atoms with E-state index in [0.29, 0.717) is 0 Å². The van der Waals surface area contributed by atoms with Crippen molar-refractivity contribution in [3.05, 3.63) is 0 Å². The van der Waals surface area contributed by atoms with Gasteiger partial charge in [-0.25, -0.2) is 0 Å². The van der Waals surface area contributed by atoms with E-state index in [1.54, 1.807) is 14.2 Å². The quantitative estimate of drug-likeness (QED) is 0.600. The van der Waals surface area contributed by atoms with E-state index < -0.39 is 0 Å². The number of hydrogen-bond acceptors (Lipinski definition) is 1. The third-order valence-electron chi connectivity index (χ3n) is 0. The molecule has 0 atom stereocenters. The molecular formula is C2H6BrIO. The van der Waals surface area contributed by atoms with E-state index in [-0.39, 0.29) is 0 Å². The summed E-state index contributed by atoms with van der Waals surface area (Å²) >= 11 is 4.87. The van der Waals surface area contributed by atoms with E-state index >= 15 is 0 Å². The maximum Gasteiger partial charge on any atom is 0.0351 e. The fourth-order valence-corrected chi connectivity index (χ4v) is 0. The lowest BCUT2D eigenvalue weighted by Crippen LogP contribution is -1.55. The second-order valence-electron chi connectivity index (χ2n) is 0.408. The van der Waals surface area contributed by atoms with Gasteiger partial charge in [0.15, 0.2) is 0 Å². The van der Waals surface area contributed by atoms with Crippen LogP contribution in [0, 0.1) is 0 Å². The molecule has 0 aliphatic carbocycles. The first kappa shape index (κ1) is 9.48. The predicted molar refractivity (Wildman–Crippen MR) is 35.9 cm³/mol. The van der Waals surface area contributed by atoms with Crippen LogP contribution in [0.4, 0.5) is 0 Å². The Hall–Kier alpha value is 1.17. The van der Waals surface area contributed by atoms with Crippen LogP contribution in [0.3, 0.4) is 0 Å². The summed E-state index contributed by atoms with van der Waals surface area (Å²) in [6.07, 6.45) is 0. The van der Waals surface area contributed by atoms with Gasteiger partial charge in [-0.1, -0.05) is 0 Å². The summed E-state index contributed by atoms with van der Waals surface area (Å²) in [7, 11) is 3.25. The molecule has 0 amide bonds. The van der Waals surface area contributed by atoms with E-state index in [9.17, 15) is 0 Å². The van der Waals surface area contributed by atoms with Crippen molar-refractivity contribution in [2.24, 2.45) is 0 Å². The molecule has 0 rings (SSSR count). The molecule has 0 aliphatic heterocycles. The molecular weight excluding hydrogens is 247 g/mol. The van der Waals surface area contributed by atoms with Gasteiger partial charge in [-0.05, 0) is 12.7 Å². The molecule has 0 aromatic rings. The van der Waals surface area contributed by atoms with Crippen LogP contribution in [0.1, 0.15) is 0 Å². The minimum Gasteiger partial charge on any atom is -0.388 e. The lowest BCUT2D eigenvalue weighted by Gasteiger charge is -1.61. The zero-order chi connectivity index (χ0) is 4.71. The first-order valence-electron chi connectivity index (χ1n) is 0.959. The van der Waals surface area contributed by atoms with E-state index in [1.807, 2.05) is 20.4 Å². The molecule has 3 heteroatoms. The Morgan fingerprint density at radius 1 is 1.40 bits per heavy atom. The maximum atomic E-state index is 4.25. The minimum atomic E-state index is 1.62. The van der Waals surface area contributed by atoms with Gasteiger partial charge in [0.05, 0.1) is 0 Å². The normalized spacial score (nSPS) is 4.80. The van der Waals surface area contributed by atoms with Crippen molar-refractivity contribution in [3.63, 3.8) is 0 Å². The van der Waals surface area contributed by atoms with E-state index in [4.69, 9.17) is 0 Å². The summed E-state index contributed by atoms with van der Waals surface area (Å²) in [5, 5.41) is 0. The van der Waals surface area contributed by atoms with Crippen LogP contribution in [0.2, 0.25) is 0 Å². The molecule has 0 saturated carbocycles. The standard InChI is InChI=1S/C2H6O.BrI/c1-3-2;1-2/h1-2H3;. The Morgan fingerprint density at radius 3 is 1.40 bits per heavy atom. The van der Waals surface area contributed by atoms with Crippen LogP contribution in [-0.2, 0) is 4.74 Å². The summed E-state index contributed by atoms with van der Waals surface area (Å²) < 4.78 is 4.25. The van der Waals surface area contributed by atoms with Crippen LogP contribution in [0.25, 0.3) is 0 Å². The Kier molecular flexibility index (Phi) is 36.2. The van der Waals surface area contributed by atoms with Gasteiger partial charge < -0.3 is 4.74 Å².